The van der Waals surface area contributed by atoms with E-state index in [0.29, 0.717) is 0 Å². The lowest BCUT2D eigenvalue weighted by molar-refractivity contribution is 0.216. The van der Waals surface area contributed by atoms with Crippen LogP contribution in [0, 0.1) is 0 Å². The van der Waals surface area contributed by atoms with Gasteiger partial charge in [0, 0.05) is 6.10 Å². The largest absolute Gasteiger partial charge is 0.394 e. The highest BCUT2D eigenvalue weighted by Gasteiger charge is 2.05. The smallest absolute Gasteiger partial charge is 0.0483 e. The Hall–Kier alpha value is -0.820. The molecule has 0 amide bonds. The number of rotatable bonds is 0. The topological polar surface area (TPSA) is 20.2 Å². The number of benzene rings is 1. The summed E-state index contributed by atoms with van der Waals surface area (Å²) in [6.45, 7) is 3.44. The zero-order valence-electron chi connectivity index (χ0n) is 9.16. The van der Waals surface area contributed by atoms with Crippen molar-refractivity contribution in [2.24, 2.45) is 0 Å². The summed E-state index contributed by atoms with van der Waals surface area (Å²) in [5.74, 6) is 0. The molecular weight excluding hydrogens is 172 g/mol. The molecule has 1 aliphatic rings. The van der Waals surface area contributed by atoms with Crippen LogP contribution in [0.4, 0.5) is 0 Å². The number of fused-ring (bicyclic) bond motifs is 1. The van der Waals surface area contributed by atoms with Gasteiger partial charge < -0.3 is 5.11 Å². The first-order chi connectivity index (χ1) is 6.70. The van der Waals surface area contributed by atoms with Gasteiger partial charge in [0.15, 0.2) is 0 Å². The minimum atomic E-state index is -0.167. The van der Waals surface area contributed by atoms with Crippen molar-refractivity contribution < 1.29 is 5.11 Å². The van der Waals surface area contributed by atoms with E-state index in [4.69, 9.17) is 5.11 Å². The third-order valence-corrected chi connectivity index (χ3v) is 2.26. The summed E-state index contributed by atoms with van der Waals surface area (Å²) in [5, 5.41) is 8.06. The number of hydrogen-bond acceptors (Lipinski definition) is 1. The summed E-state index contributed by atoms with van der Waals surface area (Å²) in [5.41, 5.74) is 3.16. The van der Waals surface area contributed by atoms with E-state index < -0.39 is 0 Å². The highest BCUT2D eigenvalue weighted by Crippen LogP contribution is 2.19. The molecule has 1 N–H and O–H groups in total. The average Bonchev–Trinajstić information content (AvgIpc) is 2.17. The molecule has 14 heavy (non-hydrogen) atoms. The maximum absolute atomic E-state index is 8.06. The van der Waals surface area contributed by atoms with E-state index >= 15 is 0 Å². The number of aliphatic hydroxyl groups is 1. The maximum Gasteiger partial charge on any atom is 0.0483 e. The van der Waals surface area contributed by atoms with Gasteiger partial charge in [-0.1, -0.05) is 24.3 Å². The standard InChI is InChI=1S/C10H12.C3H8O/c1-2-6-10-8-4-3-7-9(10)5-1;1-3(2)4/h1-2,5-6H,3-4,7-8H2;3-4H,1-2H3. The second-order valence-corrected chi connectivity index (χ2v) is 4.07. The zero-order valence-corrected chi connectivity index (χ0v) is 9.16. The third kappa shape index (κ3) is 3.93. The van der Waals surface area contributed by atoms with E-state index in [-0.39, 0.29) is 6.10 Å². The van der Waals surface area contributed by atoms with Crippen molar-refractivity contribution in [3.8, 4) is 0 Å². The normalized spacial score (nSPS) is 14.3. The Kier molecular flexibility index (Phi) is 4.68. The Morgan fingerprint density at radius 2 is 1.36 bits per heavy atom. The first-order valence-corrected chi connectivity index (χ1v) is 5.45. The van der Waals surface area contributed by atoms with Crippen LogP contribution in [0.15, 0.2) is 24.3 Å². The highest BCUT2D eigenvalue weighted by molar-refractivity contribution is 5.28. The van der Waals surface area contributed by atoms with E-state index in [0.717, 1.165) is 0 Å². The van der Waals surface area contributed by atoms with Crippen molar-refractivity contribution in [2.75, 3.05) is 0 Å². The van der Waals surface area contributed by atoms with Gasteiger partial charge in [-0.15, -0.1) is 0 Å². The molecule has 0 heterocycles. The molecule has 0 aliphatic heterocycles. The van der Waals surface area contributed by atoms with Gasteiger partial charge in [0.05, 0.1) is 0 Å². The predicted molar refractivity (Wildman–Crippen MR) is 60.4 cm³/mol. The molecule has 2 rings (SSSR count). The van der Waals surface area contributed by atoms with E-state index in [1.165, 1.54) is 25.7 Å². The van der Waals surface area contributed by atoms with Crippen LogP contribution in [-0.4, -0.2) is 11.2 Å². The molecule has 1 aliphatic carbocycles. The molecule has 0 bridgehead atoms. The Balaban J connectivity index is 0.000000213. The summed E-state index contributed by atoms with van der Waals surface area (Å²) < 4.78 is 0. The second-order valence-electron chi connectivity index (χ2n) is 4.07. The molecule has 0 saturated heterocycles. The van der Waals surface area contributed by atoms with Crippen LogP contribution in [0.3, 0.4) is 0 Å². The fraction of sp³-hybridized carbons (Fsp3) is 0.538. The monoisotopic (exact) mass is 192 g/mol. The molecule has 1 aromatic carbocycles. The van der Waals surface area contributed by atoms with Gasteiger partial charge >= 0.3 is 0 Å². The Bertz CT molecular complexity index is 238. The summed E-state index contributed by atoms with van der Waals surface area (Å²) in [6, 6.07) is 8.80. The average molecular weight is 192 g/mol. The van der Waals surface area contributed by atoms with Crippen LogP contribution in [0.2, 0.25) is 0 Å². The molecular formula is C13H20O. The Morgan fingerprint density at radius 1 is 1.00 bits per heavy atom. The molecule has 0 radical (unpaired) electrons. The van der Waals surface area contributed by atoms with Crippen molar-refractivity contribution >= 4 is 0 Å². The van der Waals surface area contributed by atoms with Crippen LogP contribution in [-0.2, 0) is 12.8 Å². The number of aliphatic hydroxyl groups excluding tert-OH is 1. The van der Waals surface area contributed by atoms with E-state index in [1.54, 1.807) is 25.0 Å². The van der Waals surface area contributed by atoms with Gasteiger partial charge in [-0.25, -0.2) is 0 Å². The summed E-state index contributed by atoms with van der Waals surface area (Å²) in [7, 11) is 0. The van der Waals surface area contributed by atoms with E-state index in [9.17, 15) is 0 Å². The van der Waals surface area contributed by atoms with Crippen LogP contribution in [0.5, 0.6) is 0 Å². The molecule has 1 nitrogen and oxygen atoms in total. The van der Waals surface area contributed by atoms with Crippen molar-refractivity contribution in [3.05, 3.63) is 35.4 Å². The van der Waals surface area contributed by atoms with Gasteiger partial charge in [0.1, 0.15) is 0 Å². The predicted octanol–water partition coefficient (Wildman–Crippen LogP) is 2.95. The SMILES string of the molecule is CC(C)O.c1ccc2c(c1)CCCC2. The third-order valence-electron chi connectivity index (χ3n) is 2.26. The molecule has 1 aromatic rings. The first kappa shape index (κ1) is 11.3. The molecule has 0 saturated carbocycles. The van der Waals surface area contributed by atoms with Gasteiger partial charge in [-0.3, -0.25) is 0 Å². The zero-order chi connectivity index (χ0) is 10.4. The maximum atomic E-state index is 8.06. The quantitative estimate of drug-likeness (QED) is 0.670. The van der Waals surface area contributed by atoms with Crippen LogP contribution in [0.25, 0.3) is 0 Å². The first-order valence-electron chi connectivity index (χ1n) is 5.45. The van der Waals surface area contributed by atoms with Crippen LogP contribution < -0.4 is 0 Å². The summed E-state index contributed by atoms with van der Waals surface area (Å²) >= 11 is 0. The van der Waals surface area contributed by atoms with E-state index in [1.807, 2.05) is 0 Å². The van der Waals surface area contributed by atoms with Crippen molar-refractivity contribution in [1.29, 1.82) is 0 Å². The van der Waals surface area contributed by atoms with Crippen molar-refractivity contribution in [1.82, 2.24) is 0 Å². The van der Waals surface area contributed by atoms with Gasteiger partial charge in [0.25, 0.3) is 0 Å². The number of aryl methyl sites for hydroxylation is 2. The summed E-state index contributed by atoms with van der Waals surface area (Å²) in [6.07, 6.45) is 5.21. The minimum absolute atomic E-state index is 0.167. The van der Waals surface area contributed by atoms with E-state index in [2.05, 4.69) is 24.3 Å². The summed E-state index contributed by atoms with van der Waals surface area (Å²) in [4.78, 5) is 0. The molecule has 0 fully saturated rings. The molecule has 0 aromatic heterocycles. The van der Waals surface area contributed by atoms with Gasteiger partial charge in [0.2, 0.25) is 0 Å². The van der Waals surface area contributed by atoms with Crippen LogP contribution >= 0.6 is 0 Å². The van der Waals surface area contributed by atoms with Gasteiger partial charge in [-0.2, -0.15) is 0 Å². The molecule has 0 atom stereocenters. The fourth-order valence-corrected chi connectivity index (χ4v) is 1.68. The second kappa shape index (κ2) is 5.82. The minimum Gasteiger partial charge on any atom is -0.394 e. The lowest BCUT2D eigenvalue weighted by Gasteiger charge is -2.13. The van der Waals surface area contributed by atoms with Crippen LogP contribution in [0.1, 0.15) is 37.8 Å². The fourth-order valence-electron chi connectivity index (χ4n) is 1.68. The highest BCUT2D eigenvalue weighted by atomic mass is 16.3. The lowest BCUT2D eigenvalue weighted by atomic mass is 9.92. The Labute approximate surface area is 86.8 Å². The molecule has 0 spiro atoms. The van der Waals surface area contributed by atoms with Crippen molar-refractivity contribution in [3.63, 3.8) is 0 Å². The number of hydrogen-bond donors (Lipinski definition) is 1. The molecule has 0 unspecified atom stereocenters. The molecule has 78 valence electrons. The molecule has 1 heteroatoms. The lowest BCUT2D eigenvalue weighted by Crippen LogP contribution is -2.00. The Morgan fingerprint density at radius 3 is 1.71 bits per heavy atom. The van der Waals surface area contributed by atoms with Crippen molar-refractivity contribution in [2.45, 2.75) is 45.6 Å². The van der Waals surface area contributed by atoms with Gasteiger partial charge in [-0.05, 0) is 50.7 Å².